The lowest BCUT2D eigenvalue weighted by Crippen LogP contribution is -2.28. The molecule has 1 aliphatic rings. The Morgan fingerprint density at radius 1 is 1.38 bits per heavy atom. The molecule has 1 saturated heterocycles. The van der Waals surface area contributed by atoms with Gasteiger partial charge in [0.25, 0.3) is 0 Å². The van der Waals surface area contributed by atoms with Crippen LogP contribution in [0.15, 0.2) is 24.4 Å². The number of aryl methyl sites for hydroxylation is 1. The first kappa shape index (κ1) is 14.5. The highest BCUT2D eigenvalue weighted by Gasteiger charge is 2.21. The molecule has 0 aliphatic carbocycles. The largest absolute Gasteiger partial charge is 0.334 e. The second kappa shape index (κ2) is 6.16. The standard InChI is InChI=1S/C16H19ClFN3/c1-2-21-10-15(12-3-4-14(18)13(17)9-12)20-16(21)11-5-7-19-8-6-11/h3-4,9-11,19H,2,5-8H2,1H3. The number of hydrogen-bond donors (Lipinski definition) is 1. The molecule has 0 atom stereocenters. The van der Waals surface area contributed by atoms with Gasteiger partial charge in [-0.25, -0.2) is 9.37 Å². The number of halogens is 2. The molecule has 1 aromatic carbocycles. The molecule has 112 valence electrons. The Labute approximate surface area is 129 Å². The molecule has 1 aliphatic heterocycles. The maximum atomic E-state index is 13.3. The molecule has 1 N–H and O–H groups in total. The van der Waals surface area contributed by atoms with Gasteiger partial charge in [0.15, 0.2) is 0 Å². The molecule has 3 rings (SSSR count). The Bertz CT molecular complexity index is 632. The SMILES string of the molecule is CCn1cc(-c2ccc(F)c(Cl)c2)nc1C1CCNCC1. The molecule has 5 heteroatoms. The van der Waals surface area contributed by atoms with E-state index in [-0.39, 0.29) is 5.02 Å². The Morgan fingerprint density at radius 2 is 2.14 bits per heavy atom. The molecular formula is C16H19ClFN3. The lowest BCUT2D eigenvalue weighted by molar-refractivity contribution is 0.432. The van der Waals surface area contributed by atoms with Crippen molar-refractivity contribution in [3.8, 4) is 11.3 Å². The number of benzene rings is 1. The van der Waals surface area contributed by atoms with E-state index in [0.717, 1.165) is 49.6 Å². The summed E-state index contributed by atoms with van der Waals surface area (Å²) in [6.07, 6.45) is 4.27. The zero-order valence-corrected chi connectivity index (χ0v) is 12.8. The summed E-state index contributed by atoms with van der Waals surface area (Å²) in [5.74, 6) is 1.24. The van der Waals surface area contributed by atoms with E-state index in [1.807, 2.05) is 6.20 Å². The minimum atomic E-state index is -0.395. The monoisotopic (exact) mass is 307 g/mol. The molecule has 2 aromatic rings. The van der Waals surface area contributed by atoms with E-state index in [4.69, 9.17) is 16.6 Å². The summed E-state index contributed by atoms with van der Waals surface area (Å²) < 4.78 is 15.5. The van der Waals surface area contributed by atoms with E-state index in [0.29, 0.717) is 5.92 Å². The van der Waals surface area contributed by atoms with Crippen molar-refractivity contribution in [3.05, 3.63) is 41.1 Å². The Kier molecular flexibility index (Phi) is 4.27. The summed E-state index contributed by atoms with van der Waals surface area (Å²) in [5, 5.41) is 3.52. The van der Waals surface area contributed by atoms with Crippen LogP contribution in [-0.2, 0) is 6.54 Å². The van der Waals surface area contributed by atoms with E-state index >= 15 is 0 Å². The minimum Gasteiger partial charge on any atom is -0.334 e. The molecule has 21 heavy (non-hydrogen) atoms. The molecule has 1 fully saturated rings. The van der Waals surface area contributed by atoms with Crippen LogP contribution in [0.3, 0.4) is 0 Å². The fourth-order valence-corrected chi connectivity index (χ4v) is 3.06. The number of piperidine rings is 1. The van der Waals surface area contributed by atoms with Gasteiger partial charge in [0, 0.05) is 24.2 Å². The summed E-state index contributed by atoms with van der Waals surface area (Å²) in [7, 11) is 0. The second-order valence-electron chi connectivity index (χ2n) is 5.42. The van der Waals surface area contributed by atoms with Gasteiger partial charge < -0.3 is 9.88 Å². The van der Waals surface area contributed by atoms with Gasteiger partial charge >= 0.3 is 0 Å². The predicted molar refractivity (Wildman–Crippen MR) is 83.1 cm³/mol. The van der Waals surface area contributed by atoms with Crippen molar-refractivity contribution in [2.45, 2.75) is 32.2 Å². The lowest BCUT2D eigenvalue weighted by atomic mass is 9.97. The smallest absolute Gasteiger partial charge is 0.141 e. The van der Waals surface area contributed by atoms with Gasteiger partial charge in [-0.1, -0.05) is 11.6 Å². The molecule has 3 nitrogen and oxygen atoms in total. The molecule has 1 aromatic heterocycles. The topological polar surface area (TPSA) is 29.9 Å². The van der Waals surface area contributed by atoms with Gasteiger partial charge in [0.2, 0.25) is 0 Å². The average Bonchev–Trinajstić information content (AvgIpc) is 2.95. The molecule has 2 heterocycles. The zero-order valence-electron chi connectivity index (χ0n) is 12.1. The lowest BCUT2D eigenvalue weighted by Gasteiger charge is -2.22. The normalized spacial score (nSPS) is 16.3. The molecule has 0 saturated carbocycles. The maximum Gasteiger partial charge on any atom is 0.141 e. The average molecular weight is 308 g/mol. The zero-order chi connectivity index (χ0) is 14.8. The Balaban J connectivity index is 1.96. The third-order valence-electron chi connectivity index (χ3n) is 4.07. The van der Waals surface area contributed by atoms with E-state index < -0.39 is 5.82 Å². The summed E-state index contributed by atoms with van der Waals surface area (Å²) in [6.45, 7) is 5.09. The van der Waals surface area contributed by atoms with Crippen LogP contribution in [0.2, 0.25) is 5.02 Å². The summed E-state index contributed by atoms with van der Waals surface area (Å²) in [4.78, 5) is 4.80. The van der Waals surface area contributed by atoms with E-state index in [9.17, 15) is 4.39 Å². The third-order valence-corrected chi connectivity index (χ3v) is 4.36. The number of rotatable bonds is 3. The van der Waals surface area contributed by atoms with Gasteiger partial charge in [-0.05, 0) is 51.1 Å². The summed E-state index contributed by atoms with van der Waals surface area (Å²) in [6, 6.07) is 4.77. The van der Waals surface area contributed by atoms with Crippen LogP contribution < -0.4 is 5.32 Å². The van der Waals surface area contributed by atoms with Gasteiger partial charge in [-0.3, -0.25) is 0 Å². The van der Waals surface area contributed by atoms with Crippen LogP contribution in [0.5, 0.6) is 0 Å². The van der Waals surface area contributed by atoms with Crippen molar-refractivity contribution in [3.63, 3.8) is 0 Å². The minimum absolute atomic E-state index is 0.141. The van der Waals surface area contributed by atoms with Crippen molar-refractivity contribution in [2.75, 3.05) is 13.1 Å². The quantitative estimate of drug-likeness (QED) is 0.934. The van der Waals surface area contributed by atoms with Crippen molar-refractivity contribution in [2.24, 2.45) is 0 Å². The summed E-state index contributed by atoms with van der Waals surface area (Å²) >= 11 is 5.88. The van der Waals surface area contributed by atoms with Crippen LogP contribution in [0.4, 0.5) is 4.39 Å². The number of nitrogens with zero attached hydrogens (tertiary/aromatic N) is 2. The van der Waals surface area contributed by atoms with Crippen molar-refractivity contribution in [1.29, 1.82) is 0 Å². The number of aromatic nitrogens is 2. The highest BCUT2D eigenvalue weighted by molar-refractivity contribution is 6.31. The van der Waals surface area contributed by atoms with Crippen LogP contribution in [0.25, 0.3) is 11.3 Å². The second-order valence-corrected chi connectivity index (χ2v) is 5.83. The van der Waals surface area contributed by atoms with Crippen molar-refractivity contribution < 1.29 is 4.39 Å². The first-order valence-corrected chi connectivity index (χ1v) is 7.80. The number of nitrogens with one attached hydrogen (secondary N) is 1. The molecular weight excluding hydrogens is 289 g/mol. The van der Waals surface area contributed by atoms with Crippen LogP contribution in [-0.4, -0.2) is 22.6 Å². The first-order chi connectivity index (χ1) is 10.2. The fraction of sp³-hybridized carbons (Fsp3) is 0.438. The predicted octanol–water partition coefficient (Wildman–Crippen LogP) is 3.83. The van der Waals surface area contributed by atoms with Gasteiger partial charge in [0.1, 0.15) is 11.6 Å². The van der Waals surface area contributed by atoms with E-state index in [2.05, 4.69) is 16.8 Å². The molecule has 0 bridgehead atoms. The third kappa shape index (κ3) is 2.97. The van der Waals surface area contributed by atoms with Crippen molar-refractivity contribution >= 4 is 11.6 Å². The van der Waals surface area contributed by atoms with Crippen molar-refractivity contribution in [1.82, 2.24) is 14.9 Å². The first-order valence-electron chi connectivity index (χ1n) is 7.42. The molecule has 0 amide bonds. The van der Waals surface area contributed by atoms with E-state index in [1.54, 1.807) is 12.1 Å². The van der Waals surface area contributed by atoms with Gasteiger partial charge in [-0.2, -0.15) is 0 Å². The molecule has 0 radical (unpaired) electrons. The molecule has 0 unspecified atom stereocenters. The van der Waals surface area contributed by atoms with Gasteiger partial charge in [-0.15, -0.1) is 0 Å². The maximum absolute atomic E-state index is 13.3. The number of hydrogen-bond acceptors (Lipinski definition) is 2. The highest BCUT2D eigenvalue weighted by Crippen LogP contribution is 2.29. The highest BCUT2D eigenvalue weighted by atomic mass is 35.5. The van der Waals surface area contributed by atoms with Gasteiger partial charge in [0.05, 0.1) is 10.7 Å². The fourth-order valence-electron chi connectivity index (χ4n) is 2.88. The summed E-state index contributed by atoms with van der Waals surface area (Å²) in [5.41, 5.74) is 1.73. The molecule has 0 spiro atoms. The Morgan fingerprint density at radius 3 is 2.81 bits per heavy atom. The Hall–Kier alpha value is -1.39. The number of imidazole rings is 1. The van der Waals surface area contributed by atoms with Crippen LogP contribution in [0, 0.1) is 5.82 Å². The van der Waals surface area contributed by atoms with Crippen LogP contribution >= 0.6 is 11.6 Å². The van der Waals surface area contributed by atoms with Crippen LogP contribution in [0.1, 0.15) is 31.5 Å². The van der Waals surface area contributed by atoms with E-state index in [1.165, 1.54) is 6.07 Å².